The van der Waals surface area contributed by atoms with Crippen LogP contribution >= 0.6 is 0 Å². The van der Waals surface area contributed by atoms with Crippen LogP contribution in [0.1, 0.15) is 57.6 Å². The van der Waals surface area contributed by atoms with Gasteiger partial charge in [0, 0.05) is 12.8 Å². The zero-order valence-electron chi connectivity index (χ0n) is 18.9. The van der Waals surface area contributed by atoms with Gasteiger partial charge in [0.05, 0.1) is 12.1 Å². The molecule has 1 unspecified atom stereocenters. The Kier molecular flexibility index (Phi) is 8.95. The summed E-state index contributed by atoms with van der Waals surface area (Å²) in [5, 5.41) is 13.5. The van der Waals surface area contributed by atoms with Crippen LogP contribution in [0.2, 0.25) is 0 Å². The summed E-state index contributed by atoms with van der Waals surface area (Å²) in [7, 11) is 0. The number of carbonyl (C=O) groups is 1. The van der Waals surface area contributed by atoms with Gasteiger partial charge in [-0.15, -0.1) is 0 Å². The van der Waals surface area contributed by atoms with Gasteiger partial charge < -0.3 is 5.32 Å². The van der Waals surface area contributed by atoms with Gasteiger partial charge in [-0.1, -0.05) is 42.9 Å². The Morgan fingerprint density at radius 3 is 2.29 bits per heavy atom. The maximum Gasteiger partial charge on any atom is 0.407 e. The fraction of sp³-hybridized carbons (Fsp3) is 0.500. The van der Waals surface area contributed by atoms with Crippen molar-refractivity contribution in [1.82, 2.24) is 10.6 Å². The van der Waals surface area contributed by atoms with Gasteiger partial charge in [-0.25, -0.2) is 13.2 Å². The van der Waals surface area contributed by atoms with E-state index in [0.29, 0.717) is 12.0 Å². The van der Waals surface area contributed by atoms with Crippen LogP contribution in [0.25, 0.3) is 0 Å². The molecule has 0 bridgehead atoms. The van der Waals surface area contributed by atoms with Gasteiger partial charge in [0.2, 0.25) is 5.91 Å². The van der Waals surface area contributed by atoms with Crippen LogP contribution in [-0.2, 0) is 4.79 Å². The van der Waals surface area contributed by atoms with Gasteiger partial charge in [0.1, 0.15) is 17.4 Å². The Bertz CT molecular complexity index is 943. The summed E-state index contributed by atoms with van der Waals surface area (Å²) < 4.78 is 84.6. The average molecular weight is 487 g/mol. The molecule has 2 atom stereocenters. The first kappa shape index (κ1) is 27.4. The molecule has 10 heteroatoms. The highest BCUT2D eigenvalue weighted by Crippen LogP contribution is 2.37. The smallest absolute Gasteiger partial charge is 0.336 e. The Morgan fingerprint density at radius 1 is 1.21 bits per heavy atom. The van der Waals surface area contributed by atoms with Crippen LogP contribution in [0.15, 0.2) is 48.1 Å². The van der Waals surface area contributed by atoms with E-state index in [1.54, 1.807) is 26.0 Å². The molecule has 1 amide bonds. The van der Waals surface area contributed by atoms with Crippen molar-refractivity contribution in [2.45, 2.75) is 75.7 Å². The van der Waals surface area contributed by atoms with Crippen molar-refractivity contribution >= 4 is 5.91 Å². The minimum atomic E-state index is -4.96. The molecule has 1 aliphatic rings. The first-order valence-electron chi connectivity index (χ1n) is 10.8. The molecular formula is C24H27F6N3O. The highest BCUT2D eigenvalue weighted by atomic mass is 19.4. The summed E-state index contributed by atoms with van der Waals surface area (Å²) in [5.41, 5.74) is -1.32. The van der Waals surface area contributed by atoms with Crippen molar-refractivity contribution in [2.75, 3.05) is 0 Å². The number of rotatable bonds is 11. The highest BCUT2D eigenvalue weighted by molar-refractivity contribution is 5.83. The number of hydrogen-bond donors (Lipinski definition) is 2. The molecule has 186 valence electrons. The van der Waals surface area contributed by atoms with Crippen molar-refractivity contribution < 1.29 is 31.1 Å². The summed E-state index contributed by atoms with van der Waals surface area (Å²) in [6.45, 7) is 3.38. The van der Waals surface area contributed by atoms with Gasteiger partial charge in [0.15, 0.2) is 0 Å². The van der Waals surface area contributed by atoms with E-state index in [2.05, 4.69) is 5.32 Å². The van der Waals surface area contributed by atoms with Crippen molar-refractivity contribution in [3.8, 4) is 6.07 Å². The number of halogens is 6. The van der Waals surface area contributed by atoms with Crippen LogP contribution in [0, 0.1) is 17.1 Å². The van der Waals surface area contributed by atoms with E-state index < -0.39 is 59.9 Å². The van der Waals surface area contributed by atoms with Gasteiger partial charge in [-0.05, 0) is 43.9 Å². The lowest BCUT2D eigenvalue weighted by atomic mass is 9.96. The summed E-state index contributed by atoms with van der Waals surface area (Å²) in [5.74, 6) is -5.40. The molecule has 1 saturated carbocycles. The quantitative estimate of drug-likeness (QED) is 0.302. The van der Waals surface area contributed by atoms with Crippen LogP contribution in [-0.4, -0.2) is 29.6 Å². The summed E-state index contributed by atoms with van der Waals surface area (Å²) in [4.78, 5) is 12.8. The molecule has 1 aromatic rings. The molecule has 2 N–H and O–H groups in total. The molecule has 34 heavy (non-hydrogen) atoms. The predicted molar refractivity (Wildman–Crippen MR) is 115 cm³/mol. The van der Waals surface area contributed by atoms with Crippen molar-refractivity contribution in [3.05, 3.63) is 59.4 Å². The number of allylic oxidation sites excluding steroid dienone is 4. The third-order valence-electron chi connectivity index (χ3n) is 5.51. The molecule has 1 aliphatic carbocycles. The molecule has 0 radical (unpaired) electrons. The lowest BCUT2D eigenvalue weighted by Gasteiger charge is -2.30. The number of carbonyl (C=O) groups excluding carboxylic acids is 1. The molecule has 1 aromatic carbocycles. The first-order chi connectivity index (χ1) is 15.8. The van der Waals surface area contributed by atoms with Crippen molar-refractivity contribution in [2.24, 2.45) is 0 Å². The summed E-state index contributed by atoms with van der Waals surface area (Å²) >= 11 is 0. The molecule has 1 fully saturated rings. The molecule has 0 saturated heterocycles. The summed E-state index contributed by atoms with van der Waals surface area (Å²) in [6, 6.07) is 0.777. The Labute approximate surface area is 194 Å². The van der Waals surface area contributed by atoms with Gasteiger partial charge in [-0.3, -0.25) is 10.1 Å². The lowest BCUT2D eigenvalue weighted by molar-refractivity contribution is -0.163. The fourth-order valence-electron chi connectivity index (χ4n) is 3.41. The lowest BCUT2D eigenvalue weighted by Crippen LogP contribution is -2.53. The molecule has 4 nitrogen and oxygen atoms in total. The number of amides is 1. The van der Waals surface area contributed by atoms with E-state index in [9.17, 15) is 36.4 Å². The van der Waals surface area contributed by atoms with Crippen LogP contribution in [0.3, 0.4) is 0 Å². The predicted octanol–water partition coefficient (Wildman–Crippen LogP) is 5.89. The standard InChI is InChI=1S/C24H27F6N3O/c1-3-5-6-16(4-2)13-23(26,27)14-19(21(34)33-22(15-31)11-12-22)32-20(24(28,29)30)17-7-9-18(25)10-8-17/h3,5-10,19-20,32H,4,11-14H2,1-2H3,(H,33,34)/b5-3-,16-6+/t19?,20-/m0/s1. The van der Waals surface area contributed by atoms with Gasteiger partial charge in [-0.2, -0.15) is 18.4 Å². The normalized spacial score (nSPS) is 17.8. The second-order valence-corrected chi connectivity index (χ2v) is 8.37. The minimum absolute atomic E-state index is 0.283. The highest BCUT2D eigenvalue weighted by Gasteiger charge is 2.49. The average Bonchev–Trinajstić information content (AvgIpc) is 3.53. The Hall–Kier alpha value is -2.80. The van der Waals surface area contributed by atoms with Crippen molar-refractivity contribution in [3.63, 3.8) is 0 Å². The summed E-state index contributed by atoms with van der Waals surface area (Å²) in [6.07, 6.45) is -1.33. The van der Waals surface area contributed by atoms with E-state index in [-0.39, 0.29) is 12.8 Å². The minimum Gasteiger partial charge on any atom is -0.336 e. The number of alkyl halides is 5. The molecular weight excluding hydrogens is 460 g/mol. The second-order valence-electron chi connectivity index (χ2n) is 8.37. The van der Waals surface area contributed by atoms with Crippen LogP contribution in [0.5, 0.6) is 0 Å². The maximum atomic E-state index is 15.0. The maximum absolute atomic E-state index is 15.0. The molecule has 0 aliphatic heterocycles. The SMILES string of the molecule is C/C=C\C=C(/CC)CC(F)(F)CC(N[C@@H](c1ccc(F)cc1)C(F)(F)F)C(=O)NC1(C#N)CC1. The first-order valence-corrected chi connectivity index (χ1v) is 10.8. The Morgan fingerprint density at radius 2 is 1.82 bits per heavy atom. The van der Waals surface area contributed by atoms with Gasteiger partial charge >= 0.3 is 6.18 Å². The number of nitrogens with one attached hydrogen (secondary N) is 2. The molecule has 0 aromatic heterocycles. The number of nitrogens with zero attached hydrogens (tertiary/aromatic N) is 1. The number of nitriles is 1. The van der Waals surface area contributed by atoms with Crippen LogP contribution in [0.4, 0.5) is 26.3 Å². The van der Waals surface area contributed by atoms with Gasteiger partial charge in [0.25, 0.3) is 5.92 Å². The number of benzene rings is 1. The van der Waals surface area contributed by atoms with E-state index in [4.69, 9.17) is 0 Å². The topological polar surface area (TPSA) is 64.9 Å². The molecule has 0 heterocycles. The zero-order valence-corrected chi connectivity index (χ0v) is 18.9. The van der Waals surface area contributed by atoms with E-state index in [1.807, 2.05) is 11.4 Å². The van der Waals surface area contributed by atoms with Crippen LogP contribution < -0.4 is 10.6 Å². The van der Waals surface area contributed by atoms with E-state index in [1.165, 1.54) is 6.08 Å². The zero-order chi connectivity index (χ0) is 25.6. The third-order valence-corrected chi connectivity index (χ3v) is 5.51. The van der Waals surface area contributed by atoms with E-state index in [0.717, 1.165) is 24.3 Å². The number of hydrogen-bond acceptors (Lipinski definition) is 3. The van der Waals surface area contributed by atoms with E-state index >= 15 is 0 Å². The Balaban J connectivity index is 2.35. The monoisotopic (exact) mass is 487 g/mol. The third kappa shape index (κ3) is 7.90. The van der Waals surface area contributed by atoms with Crippen molar-refractivity contribution in [1.29, 1.82) is 5.26 Å². The largest absolute Gasteiger partial charge is 0.407 e. The second kappa shape index (κ2) is 11.1. The molecule has 0 spiro atoms. The molecule has 2 rings (SSSR count). The fourth-order valence-corrected chi connectivity index (χ4v) is 3.41.